The van der Waals surface area contributed by atoms with Crippen LogP contribution in [-0.4, -0.2) is 60.9 Å². The van der Waals surface area contributed by atoms with Crippen LogP contribution in [0.3, 0.4) is 0 Å². The Kier molecular flexibility index (Phi) is 6.12. The average Bonchev–Trinajstić information content (AvgIpc) is 2.49. The van der Waals surface area contributed by atoms with Gasteiger partial charge >= 0.3 is 0 Å². The van der Waals surface area contributed by atoms with Crippen LogP contribution in [0.15, 0.2) is 24.3 Å². The number of hydrogen-bond donors (Lipinski definition) is 2. The molecule has 2 rings (SSSR count). The molecule has 3 N–H and O–H groups in total. The molecule has 0 spiro atoms. The third kappa shape index (κ3) is 5.65. The van der Waals surface area contributed by atoms with Crippen molar-refractivity contribution in [3.05, 3.63) is 29.8 Å². The van der Waals surface area contributed by atoms with Crippen molar-refractivity contribution in [3.8, 4) is 0 Å². The second-order valence-corrected chi connectivity index (χ2v) is 6.29. The lowest BCUT2D eigenvalue weighted by molar-refractivity contribution is -0.132. The topological polar surface area (TPSA) is 78.7 Å². The van der Waals surface area contributed by atoms with E-state index in [1.807, 2.05) is 29.2 Å². The largest absolute Gasteiger partial charge is 0.340 e. The summed E-state index contributed by atoms with van der Waals surface area (Å²) < 4.78 is 0. The number of benzene rings is 1. The number of nitrogens with two attached hydrogens (primary N) is 1. The number of nitrogens with zero attached hydrogens (tertiary/aromatic N) is 2. The van der Waals surface area contributed by atoms with Crippen LogP contribution < -0.4 is 11.1 Å². The summed E-state index contributed by atoms with van der Waals surface area (Å²) in [6, 6.07) is 7.26. The van der Waals surface area contributed by atoms with Crippen molar-refractivity contribution >= 4 is 17.5 Å². The molecule has 0 aliphatic carbocycles. The Morgan fingerprint density at radius 1 is 1.17 bits per heavy atom. The van der Waals surface area contributed by atoms with Crippen molar-refractivity contribution < 1.29 is 9.59 Å². The minimum Gasteiger partial charge on any atom is -0.340 e. The van der Waals surface area contributed by atoms with Gasteiger partial charge in [-0.25, -0.2) is 0 Å². The lowest BCUT2D eigenvalue weighted by atomic mass is 10.1. The third-order valence-electron chi connectivity index (χ3n) is 3.96. The molecule has 1 unspecified atom stereocenters. The van der Waals surface area contributed by atoms with E-state index < -0.39 is 0 Å². The zero-order valence-corrected chi connectivity index (χ0v) is 13.9. The van der Waals surface area contributed by atoms with Gasteiger partial charge < -0.3 is 20.9 Å². The van der Waals surface area contributed by atoms with Crippen LogP contribution in [0, 0.1) is 0 Å². The summed E-state index contributed by atoms with van der Waals surface area (Å²) in [5, 5.41) is 2.80. The zero-order chi connectivity index (χ0) is 16.8. The molecule has 23 heavy (non-hydrogen) atoms. The summed E-state index contributed by atoms with van der Waals surface area (Å²) in [5.74, 6) is 0.0631. The molecule has 0 bridgehead atoms. The van der Waals surface area contributed by atoms with E-state index in [2.05, 4.69) is 17.3 Å². The number of amides is 2. The quantitative estimate of drug-likeness (QED) is 0.837. The number of carbonyl (C=O) groups is 2. The molecular formula is C17H26N4O2. The Hall–Kier alpha value is -1.92. The van der Waals surface area contributed by atoms with E-state index in [-0.39, 0.29) is 17.9 Å². The minimum atomic E-state index is -0.157. The van der Waals surface area contributed by atoms with Crippen molar-refractivity contribution in [1.29, 1.82) is 0 Å². The Bertz CT molecular complexity index is 534. The normalized spacial score (nSPS) is 16.9. The second-order valence-electron chi connectivity index (χ2n) is 6.29. The van der Waals surface area contributed by atoms with Gasteiger partial charge in [-0.1, -0.05) is 12.1 Å². The first-order valence-corrected chi connectivity index (χ1v) is 8.04. The van der Waals surface area contributed by atoms with Gasteiger partial charge in [0, 0.05) is 44.3 Å². The highest BCUT2D eigenvalue weighted by molar-refractivity contribution is 5.91. The van der Waals surface area contributed by atoms with Gasteiger partial charge in [0.1, 0.15) is 0 Å². The molecule has 6 heteroatoms. The maximum absolute atomic E-state index is 12.3. The van der Waals surface area contributed by atoms with Crippen LogP contribution in [-0.2, 0) is 16.0 Å². The Morgan fingerprint density at radius 2 is 1.78 bits per heavy atom. The molecule has 1 fully saturated rings. The van der Waals surface area contributed by atoms with Crippen LogP contribution in [0.2, 0.25) is 0 Å². The molecule has 2 amide bonds. The number of piperazine rings is 1. The number of likely N-dealkylation sites (N-methyl/N-ethyl adjacent to an activating group) is 1. The molecule has 1 aliphatic rings. The fourth-order valence-electron chi connectivity index (χ4n) is 2.55. The molecule has 1 aromatic carbocycles. The second kappa shape index (κ2) is 8.08. The van der Waals surface area contributed by atoms with Crippen molar-refractivity contribution in [3.63, 3.8) is 0 Å². The first-order chi connectivity index (χ1) is 10.9. The molecule has 0 aromatic heterocycles. The lowest BCUT2D eigenvalue weighted by Gasteiger charge is -2.32. The van der Waals surface area contributed by atoms with Crippen LogP contribution in [0.4, 0.5) is 5.69 Å². The average molecular weight is 318 g/mol. The van der Waals surface area contributed by atoms with Crippen LogP contribution in [0.5, 0.6) is 0 Å². The minimum absolute atomic E-state index is 0.0961. The van der Waals surface area contributed by atoms with Gasteiger partial charge in [0.05, 0.1) is 6.42 Å². The zero-order valence-electron chi connectivity index (χ0n) is 13.9. The number of carbonyl (C=O) groups excluding carboxylic acids is 2. The summed E-state index contributed by atoms with van der Waals surface area (Å²) in [4.78, 5) is 28.1. The Balaban J connectivity index is 1.85. The van der Waals surface area contributed by atoms with E-state index in [0.717, 1.165) is 37.4 Å². The SMILES string of the molecule is CC(N)CC(=O)Nc1ccc(CC(=O)N2CCN(C)CC2)cc1. The molecule has 1 aromatic rings. The molecular weight excluding hydrogens is 292 g/mol. The van der Waals surface area contributed by atoms with E-state index in [1.54, 1.807) is 6.92 Å². The van der Waals surface area contributed by atoms with Crippen molar-refractivity contribution in [2.75, 3.05) is 38.5 Å². The van der Waals surface area contributed by atoms with E-state index >= 15 is 0 Å². The Morgan fingerprint density at radius 3 is 2.35 bits per heavy atom. The van der Waals surface area contributed by atoms with E-state index in [4.69, 9.17) is 5.73 Å². The predicted octanol–water partition coefficient (Wildman–Crippen LogP) is 0.679. The summed E-state index contributed by atoms with van der Waals surface area (Å²) >= 11 is 0. The fourth-order valence-corrected chi connectivity index (χ4v) is 2.55. The highest BCUT2D eigenvalue weighted by Gasteiger charge is 2.19. The summed E-state index contributed by atoms with van der Waals surface area (Å²) in [6.45, 7) is 5.24. The number of nitrogens with one attached hydrogen (secondary N) is 1. The summed E-state index contributed by atoms with van der Waals surface area (Å²) in [7, 11) is 2.07. The van der Waals surface area contributed by atoms with Gasteiger partial charge in [-0.2, -0.15) is 0 Å². The van der Waals surface area contributed by atoms with E-state index in [0.29, 0.717) is 12.8 Å². The standard InChI is InChI=1S/C17H26N4O2/c1-13(18)11-16(22)19-15-5-3-14(4-6-15)12-17(23)21-9-7-20(2)8-10-21/h3-6,13H,7-12,18H2,1-2H3,(H,19,22). The third-order valence-corrected chi connectivity index (χ3v) is 3.96. The molecule has 0 radical (unpaired) electrons. The number of anilines is 1. The van der Waals surface area contributed by atoms with E-state index in [1.165, 1.54) is 0 Å². The maximum atomic E-state index is 12.3. The highest BCUT2D eigenvalue weighted by atomic mass is 16.2. The van der Waals surface area contributed by atoms with E-state index in [9.17, 15) is 9.59 Å². The molecule has 1 saturated heterocycles. The van der Waals surface area contributed by atoms with Crippen molar-refractivity contribution in [2.24, 2.45) is 5.73 Å². The molecule has 126 valence electrons. The summed E-state index contributed by atoms with van der Waals surface area (Å²) in [5.41, 5.74) is 7.29. The van der Waals surface area contributed by atoms with Gasteiger partial charge in [-0.05, 0) is 31.7 Å². The smallest absolute Gasteiger partial charge is 0.227 e. The van der Waals surface area contributed by atoms with Crippen molar-refractivity contribution in [2.45, 2.75) is 25.8 Å². The maximum Gasteiger partial charge on any atom is 0.227 e. The first kappa shape index (κ1) is 17.4. The number of rotatable bonds is 5. The fraction of sp³-hybridized carbons (Fsp3) is 0.529. The molecule has 6 nitrogen and oxygen atoms in total. The van der Waals surface area contributed by atoms with Gasteiger partial charge in [0.25, 0.3) is 0 Å². The summed E-state index contributed by atoms with van der Waals surface area (Å²) in [6.07, 6.45) is 0.696. The van der Waals surface area contributed by atoms with Crippen molar-refractivity contribution in [1.82, 2.24) is 9.80 Å². The lowest BCUT2D eigenvalue weighted by Crippen LogP contribution is -2.47. The Labute approximate surface area is 137 Å². The van der Waals surface area contributed by atoms with Crippen LogP contribution in [0.25, 0.3) is 0 Å². The highest BCUT2D eigenvalue weighted by Crippen LogP contribution is 2.12. The van der Waals surface area contributed by atoms with Crippen LogP contribution >= 0.6 is 0 Å². The molecule has 1 heterocycles. The van der Waals surface area contributed by atoms with Gasteiger partial charge in [-0.15, -0.1) is 0 Å². The van der Waals surface area contributed by atoms with Gasteiger partial charge in [-0.3, -0.25) is 9.59 Å². The predicted molar refractivity (Wildman–Crippen MR) is 91.1 cm³/mol. The number of hydrogen-bond acceptors (Lipinski definition) is 4. The monoisotopic (exact) mass is 318 g/mol. The van der Waals surface area contributed by atoms with Crippen LogP contribution in [0.1, 0.15) is 18.9 Å². The molecule has 1 aliphatic heterocycles. The van der Waals surface area contributed by atoms with Gasteiger partial charge in [0.2, 0.25) is 11.8 Å². The molecule has 1 atom stereocenters. The van der Waals surface area contributed by atoms with Gasteiger partial charge in [0.15, 0.2) is 0 Å². The first-order valence-electron chi connectivity index (χ1n) is 8.04. The molecule has 0 saturated carbocycles.